The maximum absolute atomic E-state index is 12.7. The largest absolute Gasteiger partial charge is 0.475 e. The molecule has 0 saturated heterocycles. The summed E-state index contributed by atoms with van der Waals surface area (Å²) in [4.78, 5) is 40.0. The van der Waals surface area contributed by atoms with Crippen molar-refractivity contribution in [2.45, 2.75) is 45.1 Å². The van der Waals surface area contributed by atoms with E-state index in [1.54, 1.807) is 11.5 Å². The highest BCUT2D eigenvalue weighted by Gasteiger charge is 2.29. The monoisotopic (exact) mass is 468 g/mol. The Morgan fingerprint density at radius 1 is 1.38 bits per heavy atom. The van der Waals surface area contributed by atoms with Crippen molar-refractivity contribution in [2.24, 2.45) is 16.6 Å². The van der Waals surface area contributed by atoms with Crippen molar-refractivity contribution in [3.63, 3.8) is 0 Å². The van der Waals surface area contributed by atoms with E-state index in [2.05, 4.69) is 15.6 Å². The van der Waals surface area contributed by atoms with Crippen LogP contribution in [0.4, 0.5) is 0 Å². The van der Waals surface area contributed by atoms with Crippen LogP contribution in [0.1, 0.15) is 38.0 Å². The van der Waals surface area contributed by atoms with Crippen LogP contribution in [-0.4, -0.2) is 58.5 Å². The van der Waals surface area contributed by atoms with Crippen molar-refractivity contribution in [3.8, 4) is 0 Å². The summed E-state index contributed by atoms with van der Waals surface area (Å²) in [5, 5.41) is 35.6. The lowest BCUT2D eigenvalue weighted by molar-refractivity contribution is -0.525. The highest BCUT2D eigenvalue weighted by Crippen LogP contribution is 2.10. The molecule has 0 saturated carbocycles. The third-order valence-electron chi connectivity index (χ3n) is 4.13. The summed E-state index contributed by atoms with van der Waals surface area (Å²) in [5.74, 6) is -2.26. The summed E-state index contributed by atoms with van der Waals surface area (Å²) in [6.07, 6.45) is 3.67. The van der Waals surface area contributed by atoms with Gasteiger partial charge in [0.05, 0.1) is 5.94 Å². The lowest BCUT2D eigenvalue weighted by atomic mass is 9.75. The van der Waals surface area contributed by atoms with Gasteiger partial charge in [-0.2, -0.15) is 0 Å². The molecule has 0 spiro atoms. The van der Waals surface area contributed by atoms with Crippen molar-refractivity contribution in [1.82, 2.24) is 16.1 Å². The average molecular weight is 468 g/mol. The number of guanidine groups is 1. The molecular formula is C18H29BN6O6S. The minimum absolute atomic E-state index is 0.0788. The zero-order valence-electron chi connectivity index (χ0n) is 17.9. The van der Waals surface area contributed by atoms with Gasteiger partial charge in [0.25, 0.3) is 5.96 Å². The van der Waals surface area contributed by atoms with Crippen molar-refractivity contribution >= 4 is 42.3 Å². The molecule has 32 heavy (non-hydrogen) atoms. The molecule has 0 aliphatic rings. The van der Waals surface area contributed by atoms with Gasteiger partial charge in [-0.05, 0) is 42.7 Å². The number of thiophene rings is 1. The lowest BCUT2D eigenvalue weighted by Crippen LogP contribution is -2.54. The van der Waals surface area contributed by atoms with Gasteiger partial charge >= 0.3 is 7.12 Å². The van der Waals surface area contributed by atoms with E-state index in [1.807, 2.05) is 31.4 Å². The molecule has 1 aromatic rings. The van der Waals surface area contributed by atoms with Gasteiger partial charge in [0.15, 0.2) is 5.03 Å². The summed E-state index contributed by atoms with van der Waals surface area (Å²) in [6, 6.07) is 2.69. The first-order valence-electron chi connectivity index (χ1n) is 9.98. The van der Waals surface area contributed by atoms with Crippen molar-refractivity contribution in [2.75, 3.05) is 6.54 Å². The topological polar surface area (TPSA) is 192 Å². The molecule has 1 rings (SSSR count). The fourth-order valence-corrected chi connectivity index (χ4v) is 3.32. The number of rotatable bonds is 13. The molecule has 0 radical (unpaired) electrons. The predicted octanol–water partition coefficient (Wildman–Crippen LogP) is -0.335. The van der Waals surface area contributed by atoms with Crippen LogP contribution in [0.25, 0.3) is 6.08 Å². The molecule has 0 aromatic carbocycles. The molecule has 1 aromatic heterocycles. The molecular weight excluding hydrogens is 439 g/mol. The number of carbonyl (C=O) groups excluding carboxylic acids is 2. The van der Waals surface area contributed by atoms with Crippen LogP contribution in [0.5, 0.6) is 0 Å². The molecule has 0 aliphatic carbocycles. The molecule has 0 unspecified atom stereocenters. The maximum atomic E-state index is 12.7. The van der Waals surface area contributed by atoms with Gasteiger partial charge in [-0.25, -0.2) is 15.1 Å². The van der Waals surface area contributed by atoms with Crippen molar-refractivity contribution in [1.29, 1.82) is 0 Å². The SMILES string of the molecule is CC(C)C[C@H](NC(=O)[C@H](CCCN=C(N)N[N+](=O)[O-])NC(=O)/C=C/c1cccs1)B(O)O. The fraction of sp³-hybridized carbons (Fsp3) is 0.500. The van der Waals surface area contributed by atoms with Crippen LogP contribution in [0.15, 0.2) is 28.6 Å². The van der Waals surface area contributed by atoms with E-state index in [0.717, 1.165) is 4.88 Å². The first kappa shape index (κ1) is 27.1. The van der Waals surface area contributed by atoms with Gasteiger partial charge in [0.2, 0.25) is 11.8 Å². The Morgan fingerprint density at radius 2 is 2.09 bits per heavy atom. The number of hydrogen-bond donors (Lipinski definition) is 6. The second-order valence-electron chi connectivity index (χ2n) is 7.35. The van der Waals surface area contributed by atoms with E-state index >= 15 is 0 Å². The molecule has 1 heterocycles. The number of amides is 2. The van der Waals surface area contributed by atoms with E-state index < -0.39 is 35.9 Å². The third kappa shape index (κ3) is 11.4. The minimum Gasteiger partial charge on any atom is -0.426 e. The number of carbonyl (C=O) groups is 2. The Morgan fingerprint density at radius 3 is 2.66 bits per heavy atom. The van der Waals surface area contributed by atoms with Gasteiger partial charge in [0.1, 0.15) is 6.04 Å². The fourth-order valence-electron chi connectivity index (χ4n) is 2.70. The van der Waals surface area contributed by atoms with Crippen molar-refractivity contribution < 1.29 is 24.7 Å². The summed E-state index contributed by atoms with van der Waals surface area (Å²) < 4.78 is 0. The molecule has 2 amide bonds. The maximum Gasteiger partial charge on any atom is 0.475 e. The second-order valence-corrected chi connectivity index (χ2v) is 8.33. The van der Waals surface area contributed by atoms with Gasteiger partial charge in [-0.15, -0.1) is 11.3 Å². The van der Waals surface area contributed by atoms with Gasteiger partial charge in [-0.1, -0.05) is 25.3 Å². The second kappa shape index (κ2) is 14.2. The van der Waals surface area contributed by atoms with Crippen LogP contribution in [0.3, 0.4) is 0 Å². The standard InChI is InChI=1S/C18H29BN6O6S/c1-12(2)11-15(19(28)29)23-17(27)14(6-3-9-21-18(20)24-25(30)31)22-16(26)8-7-13-5-4-10-32-13/h4-5,7-8,10,12,14-15,28-29H,3,6,9,11H2,1-2H3,(H,22,26)(H,23,27)(H3,20,21,24)/b8-7+/t14-,15-/m0/s1. The van der Waals surface area contributed by atoms with E-state index in [1.165, 1.54) is 17.4 Å². The third-order valence-corrected chi connectivity index (χ3v) is 4.96. The Labute approximate surface area is 190 Å². The molecule has 176 valence electrons. The zero-order chi connectivity index (χ0) is 24.1. The summed E-state index contributed by atoms with van der Waals surface area (Å²) in [5.41, 5.74) is 7.06. The summed E-state index contributed by atoms with van der Waals surface area (Å²) in [6.45, 7) is 3.82. The first-order valence-corrected chi connectivity index (χ1v) is 10.9. The number of nitrogens with one attached hydrogen (secondary N) is 3. The van der Waals surface area contributed by atoms with E-state index in [-0.39, 0.29) is 31.3 Å². The molecule has 14 heteroatoms. The number of aliphatic imine (C=N–C) groups is 1. The smallest absolute Gasteiger partial charge is 0.426 e. The van der Waals surface area contributed by atoms with Crippen LogP contribution >= 0.6 is 11.3 Å². The van der Waals surface area contributed by atoms with Crippen LogP contribution in [-0.2, 0) is 9.59 Å². The number of hydrazine groups is 1. The minimum atomic E-state index is -1.76. The Balaban J connectivity index is 2.79. The van der Waals surface area contributed by atoms with Gasteiger partial charge in [0, 0.05) is 17.5 Å². The molecule has 12 nitrogen and oxygen atoms in total. The predicted molar refractivity (Wildman–Crippen MR) is 123 cm³/mol. The van der Waals surface area contributed by atoms with Crippen LogP contribution < -0.4 is 21.8 Å². The van der Waals surface area contributed by atoms with Gasteiger partial charge < -0.3 is 26.4 Å². The van der Waals surface area contributed by atoms with Crippen LogP contribution in [0.2, 0.25) is 0 Å². The molecule has 0 bridgehead atoms. The van der Waals surface area contributed by atoms with Crippen LogP contribution in [0, 0.1) is 16.0 Å². The summed E-state index contributed by atoms with van der Waals surface area (Å²) >= 11 is 1.45. The Bertz CT molecular complexity index is 802. The van der Waals surface area contributed by atoms with E-state index in [9.17, 15) is 29.8 Å². The average Bonchev–Trinajstić information content (AvgIpc) is 3.20. The van der Waals surface area contributed by atoms with E-state index in [4.69, 9.17) is 5.73 Å². The highest BCUT2D eigenvalue weighted by atomic mass is 32.1. The normalized spacial score (nSPS) is 13.6. The molecule has 2 atom stereocenters. The number of nitrogens with two attached hydrogens (primary N) is 1. The summed E-state index contributed by atoms with van der Waals surface area (Å²) in [7, 11) is -1.76. The number of nitrogens with zero attached hydrogens (tertiary/aromatic N) is 2. The molecule has 0 aliphatic heterocycles. The number of hydrogen-bond acceptors (Lipinski definition) is 8. The quantitative estimate of drug-likeness (QED) is 0.0431. The number of nitro groups is 1. The van der Waals surface area contributed by atoms with Gasteiger partial charge in [-0.3, -0.25) is 9.59 Å². The first-order chi connectivity index (χ1) is 15.1. The molecule has 0 fully saturated rings. The lowest BCUT2D eigenvalue weighted by Gasteiger charge is -2.23. The highest BCUT2D eigenvalue weighted by molar-refractivity contribution is 7.10. The van der Waals surface area contributed by atoms with E-state index in [0.29, 0.717) is 6.42 Å². The Kier molecular flexibility index (Phi) is 12.0. The Hall–Kier alpha value is -2.97. The van der Waals surface area contributed by atoms with Crippen molar-refractivity contribution in [3.05, 3.63) is 38.6 Å². The zero-order valence-corrected chi connectivity index (χ0v) is 18.7. The molecule has 7 N–H and O–H groups in total.